The van der Waals surface area contributed by atoms with Crippen LogP contribution in [0.5, 0.6) is 0 Å². The first kappa shape index (κ1) is 20.1. The molecule has 1 amide bonds. The van der Waals surface area contributed by atoms with Crippen LogP contribution in [0, 0.1) is 20.8 Å². The summed E-state index contributed by atoms with van der Waals surface area (Å²) in [6.45, 7) is 7.26. The molecule has 1 aromatic carbocycles. The summed E-state index contributed by atoms with van der Waals surface area (Å²) in [5, 5.41) is 9.38. The van der Waals surface area contributed by atoms with Gasteiger partial charge in [-0.05, 0) is 44.4 Å². The lowest BCUT2D eigenvalue weighted by atomic mass is 10.00. The third-order valence-electron chi connectivity index (χ3n) is 3.95. The topological polar surface area (TPSA) is 76.1 Å². The maximum absolute atomic E-state index is 12.7. The summed E-state index contributed by atoms with van der Waals surface area (Å²) in [6.07, 6.45) is 0.0983. The van der Waals surface area contributed by atoms with Crippen molar-refractivity contribution < 1.29 is 24.2 Å². The van der Waals surface area contributed by atoms with E-state index in [0.29, 0.717) is 5.69 Å². The van der Waals surface area contributed by atoms with Gasteiger partial charge in [-0.3, -0.25) is 9.69 Å². The molecule has 1 aromatic rings. The number of methoxy groups -OCH3 is 1. The Morgan fingerprint density at radius 3 is 2.38 bits per heavy atom. The number of esters is 1. The highest BCUT2D eigenvalue weighted by Gasteiger charge is 2.33. The van der Waals surface area contributed by atoms with Gasteiger partial charge in [0.1, 0.15) is 12.6 Å². The van der Waals surface area contributed by atoms with Crippen molar-refractivity contribution in [1.82, 2.24) is 0 Å². The molecular weight excluding hydrogens is 310 g/mol. The van der Waals surface area contributed by atoms with Gasteiger partial charge in [0, 0.05) is 20.1 Å². The van der Waals surface area contributed by atoms with Gasteiger partial charge in [0.2, 0.25) is 0 Å². The molecule has 0 saturated heterocycles. The van der Waals surface area contributed by atoms with Crippen LogP contribution in [0.3, 0.4) is 0 Å². The fourth-order valence-electron chi connectivity index (χ4n) is 2.67. The highest BCUT2D eigenvalue weighted by Crippen LogP contribution is 2.30. The van der Waals surface area contributed by atoms with Crippen molar-refractivity contribution in [3.63, 3.8) is 0 Å². The molecule has 0 spiro atoms. The average molecular weight is 337 g/mol. The molecule has 1 rings (SSSR count). The number of aliphatic hydroxyl groups is 1. The van der Waals surface area contributed by atoms with Gasteiger partial charge in [0.25, 0.3) is 5.91 Å². The molecule has 1 atom stereocenters. The smallest absolute Gasteiger partial charge is 0.329 e. The van der Waals surface area contributed by atoms with Crippen LogP contribution in [-0.2, 0) is 19.1 Å². The molecule has 0 aliphatic heterocycles. The van der Waals surface area contributed by atoms with Gasteiger partial charge >= 0.3 is 5.97 Å². The Morgan fingerprint density at radius 1 is 1.21 bits per heavy atom. The van der Waals surface area contributed by atoms with Gasteiger partial charge < -0.3 is 14.6 Å². The van der Waals surface area contributed by atoms with E-state index in [4.69, 9.17) is 9.47 Å². The van der Waals surface area contributed by atoms with Gasteiger partial charge in [0.15, 0.2) is 0 Å². The molecule has 134 valence electrons. The SMILES string of the molecule is CCOC(=O)[C@H](CCO)N(C(=O)COC)c1c(C)ccc(C)c1C. The van der Waals surface area contributed by atoms with Crippen molar-refractivity contribution in [2.75, 3.05) is 31.8 Å². The lowest BCUT2D eigenvalue weighted by Gasteiger charge is -2.32. The standard InChI is InChI=1S/C18H27NO5/c1-6-24-18(22)15(9-10-20)19(16(21)11-23-5)17-13(3)8-7-12(2)14(17)4/h7-8,15,20H,6,9-11H2,1-5H3/t15-/m0/s1. The molecule has 0 fully saturated rings. The van der Waals surface area contributed by atoms with Crippen LogP contribution in [0.15, 0.2) is 12.1 Å². The Labute approximate surface area is 143 Å². The predicted molar refractivity (Wildman–Crippen MR) is 92.1 cm³/mol. The first-order chi connectivity index (χ1) is 11.4. The molecule has 0 aromatic heterocycles. The molecule has 0 radical (unpaired) electrons. The third-order valence-corrected chi connectivity index (χ3v) is 3.95. The summed E-state index contributed by atoms with van der Waals surface area (Å²) in [5.74, 6) is -0.878. The zero-order valence-corrected chi connectivity index (χ0v) is 15.1. The normalized spacial score (nSPS) is 11.9. The summed E-state index contributed by atoms with van der Waals surface area (Å²) < 4.78 is 10.1. The number of anilines is 1. The van der Waals surface area contributed by atoms with Gasteiger partial charge in [-0.1, -0.05) is 12.1 Å². The molecule has 6 nitrogen and oxygen atoms in total. The van der Waals surface area contributed by atoms with Crippen LogP contribution < -0.4 is 4.90 Å². The van der Waals surface area contributed by atoms with Gasteiger partial charge in [-0.15, -0.1) is 0 Å². The highest BCUT2D eigenvalue weighted by molar-refractivity contribution is 6.01. The molecular formula is C18H27NO5. The minimum Gasteiger partial charge on any atom is -0.464 e. The number of aryl methyl sites for hydroxylation is 2. The lowest BCUT2D eigenvalue weighted by molar-refractivity contribution is -0.146. The van der Waals surface area contributed by atoms with Crippen molar-refractivity contribution in [3.8, 4) is 0 Å². The van der Waals surface area contributed by atoms with E-state index in [-0.39, 0.29) is 32.1 Å². The van der Waals surface area contributed by atoms with E-state index in [1.807, 2.05) is 32.9 Å². The van der Waals surface area contributed by atoms with Crippen LogP contribution in [0.4, 0.5) is 5.69 Å². The number of amides is 1. The Kier molecular flexibility index (Phi) is 7.88. The predicted octanol–water partition coefficient (Wildman–Crippen LogP) is 1.91. The second-order valence-electron chi connectivity index (χ2n) is 5.65. The number of hydrogen-bond acceptors (Lipinski definition) is 5. The second-order valence-corrected chi connectivity index (χ2v) is 5.65. The van der Waals surface area contributed by atoms with Crippen molar-refractivity contribution in [3.05, 3.63) is 28.8 Å². The Bertz CT molecular complexity index is 585. The number of carbonyl (C=O) groups is 2. The van der Waals surface area contributed by atoms with Crippen LogP contribution in [0.1, 0.15) is 30.0 Å². The van der Waals surface area contributed by atoms with Gasteiger partial charge in [0.05, 0.1) is 12.3 Å². The Hall–Kier alpha value is -1.92. The molecule has 0 bridgehead atoms. The Balaban J connectivity index is 3.47. The fraction of sp³-hybridized carbons (Fsp3) is 0.556. The van der Waals surface area contributed by atoms with Crippen LogP contribution in [0.2, 0.25) is 0 Å². The summed E-state index contributed by atoms with van der Waals surface area (Å²) in [7, 11) is 1.43. The largest absolute Gasteiger partial charge is 0.464 e. The number of hydrogen-bond donors (Lipinski definition) is 1. The highest BCUT2D eigenvalue weighted by atomic mass is 16.5. The lowest BCUT2D eigenvalue weighted by Crippen LogP contribution is -2.48. The first-order valence-electron chi connectivity index (χ1n) is 8.04. The zero-order chi connectivity index (χ0) is 18.3. The van der Waals surface area contributed by atoms with E-state index in [1.165, 1.54) is 12.0 Å². The minimum absolute atomic E-state index is 0.0983. The van der Waals surface area contributed by atoms with E-state index in [1.54, 1.807) is 6.92 Å². The maximum Gasteiger partial charge on any atom is 0.329 e. The molecule has 0 aliphatic rings. The van der Waals surface area contributed by atoms with E-state index in [2.05, 4.69) is 0 Å². The van der Waals surface area contributed by atoms with Crippen molar-refractivity contribution in [2.45, 2.75) is 40.2 Å². The summed E-state index contributed by atoms with van der Waals surface area (Å²) in [6, 6.07) is 2.99. The van der Waals surface area contributed by atoms with E-state index in [9.17, 15) is 14.7 Å². The van der Waals surface area contributed by atoms with Gasteiger partial charge in [-0.2, -0.15) is 0 Å². The first-order valence-corrected chi connectivity index (χ1v) is 8.04. The number of benzene rings is 1. The fourth-order valence-corrected chi connectivity index (χ4v) is 2.67. The molecule has 24 heavy (non-hydrogen) atoms. The molecule has 0 heterocycles. The zero-order valence-electron chi connectivity index (χ0n) is 15.1. The molecule has 0 unspecified atom stereocenters. The number of aliphatic hydroxyl groups excluding tert-OH is 1. The number of carbonyl (C=O) groups excluding carboxylic acids is 2. The van der Waals surface area contributed by atoms with Crippen molar-refractivity contribution in [2.24, 2.45) is 0 Å². The van der Waals surface area contributed by atoms with Crippen LogP contribution in [0.25, 0.3) is 0 Å². The number of rotatable bonds is 8. The maximum atomic E-state index is 12.7. The minimum atomic E-state index is -0.892. The molecule has 6 heteroatoms. The Morgan fingerprint density at radius 2 is 1.83 bits per heavy atom. The molecule has 0 aliphatic carbocycles. The molecule has 1 N–H and O–H groups in total. The quantitative estimate of drug-likeness (QED) is 0.733. The van der Waals surface area contributed by atoms with Gasteiger partial charge in [-0.25, -0.2) is 4.79 Å². The summed E-state index contributed by atoms with van der Waals surface area (Å²) in [5.41, 5.74) is 3.46. The number of ether oxygens (including phenoxy) is 2. The summed E-state index contributed by atoms with van der Waals surface area (Å²) >= 11 is 0. The number of nitrogens with zero attached hydrogens (tertiary/aromatic N) is 1. The average Bonchev–Trinajstić information content (AvgIpc) is 2.54. The summed E-state index contributed by atoms with van der Waals surface area (Å²) in [4.78, 5) is 26.5. The van der Waals surface area contributed by atoms with Crippen LogP contribution >= 0.6 is 0 Å². The second kappa shape index (κ2) is 9.39. The van der Waals surface area contributed by atoms with E-state index in [0.717, 1.165) is 16.7 Å². The van der Waals surface area contributed by atoms with Crippen molar-refractivity contribution in [1.29, 1.82) is 0 Å². The van der Waals surface area contributed by atoms with E-state index < -0.39 is 12.0 Å². The molecule has 0 saturated carbocycles. The monoisotopic (exact) mass is 337 g/mol. The van der Waals surface area contributed by atoms with E-state index >= 15 is 0 Å². The third kappa shape index (κ3) is 4.55. The van der Waals surface area contributed by atoms with Crippen LogP contribution in [-0.4, -0.2) is 50.0 Å². The van der Waals surface area contributed by atoms with Crippen molar-refractivity contribution >= 4 is 17.6 Å².